The number of nitrogens with one attached hydrogen (secondary N) is 1. The Labute approximate surface area is 203 Å². The molecule has 4 heterocycles. The normalized spacial score (nSPS) is 21.7. The van der Waals surface area contributed by atoms with E-state index in [2.05, 4.69) is 15.2 Å². The Kier molecular flexibility index (Phi) is 6.34. The third kappa shape index (κ3) is 4.19. The minimum atomic E-state index is -1.14. The van der Waals surface area contributed by atoms with Gasteiger partial charge in [0.05, 0.1) is 5.69 Å². The lowest BCUT2D eigenvalue weighted by Gasteiger charge is -2.40. The van der Waals surface area contributed by atoms with Crippen LogP contribution in [0, 0.1) is 5.92 Å². The first kappa shape index (κ1) is 22.6. The zero-order valence-corrected chi connectivity index (χ0v) is 19.7. The number of urea groups is 1. The molecular formula is C26H28N4O3S. The standard InChI is InChI=1S/C26H28N4O3S/c31-22-8-2-1-6-19(22)18-29-14-10-20(11-15-29)26(23-9-3-4-13-27-23)24(32)30(25(33)28-26)16-12-21-7-5-17-34-21/h1-9,13,17,20,31H,10-12,14-16,18H2,(H,28,33)/t26-/m1/s1. The molecule has 2 aliphatic rings. The van der Waals surface area contributed by atoms with E-state index in [1.165, 1.54) is 4.90 Å². The van der Waals surface area contributed by atoms with Crippen LogP contribution in [0.15, 0.2) is 66.2 Å². The highest BCUT2D eigenvalue weighted by atomic mass is 32.1. The van der Waals surface area contributed by atoms with Gasteiger partial charge in [0.2, 0.25) is 0 Å². The molecular weight excluding hydrogens is 448 g/mol. The van der Waals surface area contributed by atoms with E-state index in [-0.39, 0.29) is 17.9 Å². The van der Waals surface area contributed by atoms with E-state index < -0.39 is 5.54 Å². The van der Waals surface area contributed by atoms with Gasteiger partial charge in [0, 0.05) is 29.7 Å². The molecule has 2 aliphatic heterocycles. The maximum absolute atomic E-state index is 13.9. The largest absolute Gasteiger partial charge is 0.508 e. The van der Waals surface area contributed by atoms with E-state index >= 15 is 0 Å². The molecule has 3 aromatic rings. The monoisotopic (exact) mass is 476 g/mol. The molecule has 2 aromatic heterocycles. The highest BCUT2D eigenvalue weighted by Crippen LogP contribution is 2.41. The molecule has 1 atom stereocenters. The van der Waals surface area contributed by atoms with E-state index in [1.54, 1.807) is 23.6 Å². The van der Waals surface area contributed by atoms with Gasteiger partial charge in [-0.25, -0.2) is 4.79 Å². The van der Waals surface area contributed by atoms with Gasteiger partial charge in [-0.3, -0.25) is 19.6 Å². The molecule has 2 fully saturated rings. The SMILES string of the molecule is O=C1N[C@@](c2ccccn2)(C2CCN(Cc3ccccc3O)CC2)C(=O)N1CCc1cccs1. The van der Waals surface area contributed by atoms with Gasteiger partial charge in [-0.15, -0.1) is 11.3 Å². The first-order chi connectivity index (χ1) is 16.6. The summed E-state index contributed by atoms with van der Waals surface area (Å²) >= 11 is 1.63. The van der Waals surface area contributed by atoms with Crippen LogP contribution in [-0.2, 0) is 23.3 Å². The van der Waals surface area contributed by atoms with Crippen LogP contribution in [0.3, 0.4) is 0 Å². The van der Waals surface area contributed by atoms with Gasteiger partial charge in [0.15, 0.2) is 5.54 Å². The number of hydrogen-bond donors (Lipinski definition) is 2. The summed E-state index contributed by atoms with van der Waals surface area (Å²) in [6, 6.07) is 16.6. The molecule has 0 aliphatic carbocycles. The molecule has 7 nitrogen and oxygen atoms in total. The Hall–Kier alpha value is -3.23. The number of amides is 3. The van der Waals surface area contributed by atoms with Crippen LogP contribution in [0.4, 0.5) is 4.79 Å². The molecule has 0 saturated carbocycles. The lowest BCUT2D eigenvalue weighted by Crippen LogP contribution is -2.54. The van der Waals surface area contributed by atoms with Crippen molar-refractivity contribution in [3.05, 3.63) is 82.3 Å². The highest BCUT2D eigenvalue weighted by Gasteiger charge is 2.57. The zero-order chi connectivity index (χ0) is 23.5. The van der Waals surface area contributed by atoms with E-state index in [0.29, 0.717) is 31.0 Å². The smallest absolute Gasteiger partial charge is 0.325 e. The van der Waals surface area contributed by atoms with Crippen LogP contribution in [-0.4, -0.2) is 51.5 Å². The number of carbonyl (C=O) groups excluding carboxylic acids is 2. The molecule has 1 aromatic carbocycles. The number of para-hydroxylation sites is 1. The van der Waals surface area contributed by atoms with E-state index in [0.717, 1.165) is 36.4 Å². The number of thiophene rings is 1. The number of benzene rings is 1. The number of phenols is 1. The number of aromatic nitrogens is 1. The Bertz CT molecular complexity index is 1150. The third-order valence-electron chi connectivity index (χ3n) is 6.95. The number of imide groups is 1. The minimum absolute atomic E-state index is 0.0637. The van der Waals surface area contributed by atoms with Crippen LogP contribution in [0.2, 0.25) is 0 Å². The van der Waals surface area contributed by atoms with Gasteiger partial charge in [0.1, 0.15) is 5.75 Å². The van der Waals surface area contributed by atoms with Crippen molar-refractivity contribution >= 4 is 23.3 Å². The van der Waals surface area contributed by atoms with Gasteiger partial charge in [-0.1, -0.05) is 30.3 Å². The maximum atomic E-state index is 13.9. The van der Waals surface area contributed by atoms with Gasteiger partial charge < -0.3 is 10.4 Å². The first-order valence-electron chi connectivity index (χ1n) is 11.6. The molecule has 34 heavy (non-hydrogen) atoms. The average Bonchev–Trinajstić information content (AvgIpc) is 3.47. The van der Waals surface area contributed by atoms with Crippen molar-refractivity contribution in [1.82, 2.24) is 20.1 Å². The molecule has 2 N–H and O–H groups in total. The second-order valence-corrected chi connectivity index (χ2v) is 9.95. The van der Waals surface area contributed by atoms with Crippen LogP contribution in [0.1, 0.15) is 29.0 Å². The van der Waals surface area contributed by atoms with Crippen molar-refractivity contribution in [3.8, 4) is 5.75 Å². The topological polar surface area (TPSA) is 85.8 Å². The van der Waals surface area contributed by atoms with E-state index in [9.17, 15) is 14.7 Å². The summed E-state index contributed by atoms with van der Waals surface area (Å²) in [5.41, 5.74) is 0.353. The van der Waals surface area contributed by atoms with E-state index in [4.69, 9.17) is 0 Å². The molecule has 0 unspecified atom stereocenters. The summed E-state index contributed by atoms with van der Waals surface area (Å²) in [5, 5.41) is 15.2. The van der Waals surface area contributed by atoms with E-state index in [1.807, 2.05) is 53.9 Å². The number of aromatic hydroxyl groups is 1. The van der Waals surface area contributed by atoms with Crippen LogP contribution in [0.5, 0.6) is 5.75 Å². The highest BCUT2D eigenvalue weighted by molar-refractivity contribution is 7.09. The predicted octanol–water partition coefficient (Wildman–Crippen LogP) is 3.75. The number of piperidine rings is 1. The fourth-order valence-electron chi connectivity index (χ4n) is 5.14. The summed E-state index contributed by atoms with van der Waals surface area (Å²) < 4.78 is 0. The summed E-state index contributed by atoms with van der Waals surface area (Å²) in [6.45, 7) is 2.55. The predicted molar refractivity (Wildman–Crippen MR) is 130 cm³/mol. The second-order valence-electron chi connectivity index (χ2n) is 8.92. The van der Waals surface area contributed by atoms with Gasteiger partial charge >= 0.3 is 6.03 Å². The Morgan fingerprint density at radius 1 is 1.06 bits per heavy atom. The molecule has 2 saturated heterocycles. The number of likely N-dealkylation sites (tertiary alicyclic amines) is 1. The fraction of sp³-hybridized carbons (Fsp3) is 0.346. The van der Waals surface area contributed by atoms with Gasteiger partial charge in [0.25, 0.3) is 5.91 Å². The van der Waals surface area contributed by atoms with Crippen molar-refractivity contribution < 1.29 is 14.7 Å². The number of phenolic OH excluding ortho intramolecular Hbond substituents is 1. The molecule has 8 heteroatoms. The quantitative estimate of drug-likeness (QED) is 0.508. The van der Waals surface area contributed by atoms with Crippen LogP contribution >= 0.6 is 11.3 Å². The first-order valence-corrected chi connectivity index (χ1v) is 12.5. The number of carbonyl (C=O) groups is 2. The number of rotatable bonds is 7. The summed E-state index contributed by atoms with van der Waals surface area (Å²) in [7, 11) is 0. The molecule has 0 bridgehead atoms. The van der Waals surface area contributed by atoms with Crippen molar-refractivity contribution in [2.45, 2.75) is 31.3 Å². The van der Waals surface area contributed by atoms with Crippen molar-refractivity contribution in [3.63, 3.8) is 0 Å². The zero-order valence-electron chi connectivity index (χ0n) is 18.9. The molecule has 176 valence electrons. The Balaban J connectivity index is 1.35. The fourth-order valence-corrected chi connectivity index (χ4v) is 5.84. The number of pyridine rings is 1. The Morgan fingerprint density at radius 2 is 1.85 bits per heavy atom. The van der Waals surface area contributed by atoms with Crippen LogP contribution < -0.4 is 5.32 Å². The van der Waals surface area contributed by atoms with Gasteiger partial charge in [-0.2, -0.15) is 0 Å². The third-order valence-corrected chi connectivity index (χ3v) is 7.88. The number of hydrogen-bond acceptors (Lipinski definition) is 6. The molecule has 3 amide bonds. The van der Waals surface area contributed by atoms with Crippen molar-refractivity contribution in [1.29, 1.82) is 0 Å². The summed E-state index contributed by atoms with van der Waals surface area (Å²) in [5.74, 6) is 0.0345. The van der Waals surface area contributed by atoms with Crippen molar-refractivity contribution in [2.75, 3.05) is 19.6 Å². The maximum Gasteiger partial charge on any atom is 0.325 e. The Morgan fingerprint density at radius 3 is 2.56 bits per heavy atom. The molecule has 0 radical (unpaired) electrons. The summed E-state index contributed by atoms with van der Waals surface area (Å²) in [6.07, 6.45) is 3.82. The number of nitrogens with zero attached hydrogens (tertiary/aromatic N) is 3. The van der Waals surface area contributed by atoms with Crippen molar-refractivity contribution in [2.24, 2.45) is 5.92 Å². The molecule has 0 spiro atoms. The van der Waals surface area contributed by atoms with Gasteiger partial charge in [-0.05, 0) is 67.9 Å². The lowest BCUT2D eigenvalue weighted by molar-refractivity contribution is -0.134. The molecule has 5 rings (SSSR count). The minimum Gasteiger partial charge on any atom is -0.508 e. The van der Waals surface area contributed by atoms with Crippen LogP contribution in [0.25, 0.3) is 0 Å². The average molecular weight is 477 g/mol. The summed E-state index contributed by atoms with van der Waals surface area (Å²) in [4.78, 5) is 36.2. The second kappa shape index (κ2) is 9.56. The lowest BCUT2D eigenvalue weighted by atomic mass is 9.75.